The highest BCUT2D eigenvalue weighted by atomic mass is 32.1. The molecule has 0 amide bonds. The standard InChI is InChI=1S/C21H23N3OS/c1-25-19-10-4-16(5-11-19)14-22-21-23-20(15-26-21)17-6-8-18(9-7-17)24-12-2-3-13-24/h4-11,15H,2-3,12-14H2,1H3,(H,22,23). The van der Waals surface area contributed by atoms with E-state index in [9.17, 15) is 0 Å². The monoisotopic (exact) mass is 365 g/mol. The van der Waals surface area contributed by atoms with Crippen LogP contribution in [-0.4, -0.2) is 25.2 Å². The van der Waals surface area contributed by atoms with Gasteiger partial charge in [-0.05, 0) is 42.7 Å². The maximum Gasteiger partial charge on any atom is 0.183 e. The van der Waals surface area contributed by atoms with Crippen molar-refractivity contribution in [1.82, 2.24) is 4.98 Å². The maximum absolute atomic E-state index is 5.19. The Balaban J connectivity index is 1.39. The van der Waals surface area contributed by atoms with Crippen LogP contribution in [0.25, 0.3) is 11.3 Å². The number of hydrogen-bond donors (Lipinski definition) is 1. The number of aromatic nitrogens is 1. The number of anilines is 2. The first-order chi connectivity index (χ1) is 12.8. The van der Waals surface area contributed by atoms with Crippen molar-refractivity contribution < 1.29 is 4.74 Å². The van der Waals surface area contributed by atoms with E-state index in [0.717, 1.165) is 23.1 Å². The Morgan fingerprint density at radius 1 is 1.04 bits per heavy atom. The number of thiazole rings is 1. The first kappa shape index (κ1) is 16.9. The minimum atomic E-state index is 0.755. The molecule has 0 radical (unpaired) electrons. The van der Waals surface area contributed by atoms with E-state index in [4.69, 9.17) is 9.72 Å². The second-order valence-electron chi connectivity index (χ2n) is 6.48. The number of rotatable bonds is 6. The Kier molecular flexibility index (Phi) is 5.07. The van der Waals surface area contributed by atoms with E-state index >= 15 is 0 Å². The van der Waals surface area contributed by atoms with E-state index in [0.29, 0.717) is 0 Å². The average molecular weight is 366 g/mol. The summed E-state index contributed by atoms with van der Waals surface area (Å²) in [5.41, 5.74) is 4.72. The molecule has 2 heterocycles. The first-order valence-electron chi connectivity index (χ1n) is 8.99. The zero-order valence-electron chi connectivity index (χ0n) is 14.9. The Labute approximate surface area is 158 Å². The SMILES string of the molecule is COc1ccc(CNc2nc(-c3ccc(N4CCCC4)cc3)cs2)cc1. The molecule has 5 heteroatoms. The number of benzene rings is 2. The molecule has 1 N–H and O–H groups in total. The predicted octanol–water partition coefficient (Wildman–Crippen LogP) is 5.03. The van der Waals surface area contributed by atoms with Crippen molar-refractivity contribution in [2.75, 3.05) is 30.4 Å². The summed E-state index contributed by atoms with van der Waals surface area (Å²) in [6.07, 6.45) is 2.61. The minimum absolute atomic E-state index is 0.755. The molecule has 0 saturated carbocycles. The fourth-order valence-corrected chi connectivity index (χ4v) is 3.95. The molecule has 2 aromatic carbocycles. The molecule has 0 unspecified atom stereocenters. The van der Waals surface area contributed by atoms with Crippen LogP contribution in [0.2, 0.25) is 0 Å². The number of nitrogens with zero attached hydrogens (tertiary/aromatic N) is 2. The highest BCUT2D eigenvalue weighted by Gasteiger charge is 2.12. The van der Waals surface area contributed by atoms with Gasteiger partial charge < -0.3 is 15.0 Å². The van der Waals surface area contributed by atoms with Crippen LogP contribution in [0, 0.1) is 0 Å². The van der Waals surface area contributed by atoms with Gasteiger partial charge in [0.1, 0.15) is 5.75 Å². The fraction of sp³-hybridized carbons (Fsp3) is 0.286. The lowest BCUT2D eigenvalue weighted by molar-refractivity contribution is 0.414. The van der Waals surface area contributed by atoms with Crippen molar-refractivity contribution in [1.29, 1.82) is 0 Å². The van der Waals surface area contributed by atoms with E-state index in [1.807, 2.05) is 12.1 Å². The third kappa shape index (κ3) is 3.83. The first-order valence-corrected chi connectivity index (χ1v) is 9.87. The van der Waals surface area contributed by atoms with E-state index in [1.54, 1.807) is 18.4 Å². The Hall–Kier alpha value is -2.53. The number of hydrogen-bond acceptors (Lipinski definition) is 5. The highest BCUT2D eigenvalue weighted by Crippen LogP contribution is 2.28. The molecule has 1 fully saturated rings. The maximum atomic E-state index is 5.19. The van der Waals surface area contributed by atoms with Gasteiger partial charge in [-0.15, -0.1) is 11.3 Å². The van der Waals surface area contributed by atoms with E-state index in [1.165, 1.54) is 42.7 Å². The van der Waals surface area contributed by atoms with Crippen LogP contribution in [0.5, 0.6) is 5.75 Å². The molecule has 1 aromatic heterocycles. The third-order valence-corrected chi connectivity index (χ3v) is 5.54. The van der Waals surface area contributed by atoms with Gasteiger partial charge >= 0.3 is 0 Å². The Morgan fingerprint density at radius 3 is 2.46 bits per heavy atom. The molecule has 0 spiro atoms. The van der Waals surface area contributed by atoms with Gasteiger partial charge in [-0.25, -0.2) is 4.98 Å². The molecule has 3 aromatic rings. The molecule has 1 aliphatic heterocycles. The molecule has 134 valence electrons. The quantitative estimate of drug-likeness (QED) is 0.665. The second kappa shape index (κ2) is 7.79. The summed E-state index contributed by atoms with van der Waals surface area (Å²) < 4.78 is 5.19. The van der Waals surface area contributed by atoms with Crippen LogP contribution >= 0.6 is 11.3 Å². The molecular formula is C21H23N3OS. The second-order valence-corrected chi connectivity index (χ2v) is 7.34. The zero-order valence-corrected chi connectivity index (χ0v) is 15.8. The normalized spacial score (nSPS) is 13.8. The van der Waals surface area contributed by atoms with Gasteiger partial charge in [-0.3, -0.25) is 0 Å². The summed E-state index contributed by atoms with van der Waals surface area (Å²) in [4.78, 5) is 7.18. The summed E-state index contributed by atoms with van der Waals surface area (Å²) in [7, 11) is 1.68. The third-order valence-electron chi connectivity index (χ3n) is 4.74. The largest absolute Gasteiger partial charge is 0.497 e. The average Bonchev–Trinajstić information content (AvgIpc) is 3.39. The van der Waals surface area contributed by atoms with Crippen molar-refractivity contribution in [2.24, 2.45) is 0 Å². The van der Waals surface area contributed by atoms with Crippen molar-refractivity contribution in [3.8, 4) is 17.0 Å². The van der Waals surface area contributed by atoms with Gasteiger partial charge in [0.25, 0.3) is 0 Å². The smallest absolute Gasteiger partial charge is 0.183 e. The summed E-state index contributed by atoms with van der Waals surface area (Å²) in [6.45, 7) is 3.11. The lowest BCUT2D eigenvalue weighted by Gasteiger charge is -2.17. The fourth-order valence-electron chi connectivity index (χ4n) is 3.23. The molecule has 0 atom stereocenters. The summed E-state index contributed by atoms with van der Waals surface area (Å²) in [6, 6.07) is 16.9. The zero-order chi connectivity index (χ0) is 17.8. The number of nitrogens with one attached hydrogen (secondary N) is 1. The van der Waals surface area contributed by atoms with Crippen LogP contribution in [-0.2, 0) is 6.54 Å². The van der Waals surface area contributed by atoms with E-state index in [2.05, 4.69) is 52.0 Å². The van der Waals surface area contributed by atoms with Crippen molar-refractivity contribution >= 4 is 22.2 Å². The van der Waals surface area contributed by atoms with Gasteiger partial charge in [-0.1, -0.05) is 24.3 Å². The molecule has 4 rings (SSSR count). The summed E-state index contributed by atoms with van der Waals surface area (Å²) >= 11 is 1.64. The number of methoxy groups -OCH3 is 1. The van der Waals surface area contributed by atoms with Gasteiger partial charge in [0.2, 0.25) is 0 Å². The van der Waals surface area contributed by atoms with Crippen LogP contribution in [0.4, 0.5) is 10.8 Å². The van der Waals surface area contributed by atoms with Crippen LogP contribution in [0.15, 0.2) is 53.9 Å². The highest BCUT2D eigenvalue weighted by molar-refractivity contribution is 7.14. The van der Waals surface area contributed by atoms with Crippen LogP contribution in [0.1, 0.15) is 18.4 Å². The molecule has 4 nitrogen and oxygen atoms in total. The molecular weight excluding hydrogens is 342 g/mol. The Morgan fingerprint density at radius 2 is 1.77 bits per heavy atom. The van der Waals surface area contributed by atoms with Gasteiger partial charge in [-0.2, -0.15) is 0 Å². The van der Waals surface area contributed by atoms with Crippen molar-refractivity contribution in [3.63, 3.8) is 0 Å². The Bertz CT molecular complexity index is 836. The van der Waals surface area contributed by atoms with Crippen molar-refractivity contribution in [2.45, 2.75) is 19.4 Å². The molecule has 26 heavy (non-hydrogen) atoms. The van der Waals surface area contributed by atoms with Gasteiger partial charge in [0.15, 0.2) is 5.13 Å². The molecule has 0 bridgehead atoms. The summed E-state index contributed by atoms with van der Waals surface area (Å²) in [5, 5.41) is 6.46. The minimum Gasteiger partial charge on any atom is -0.497 e. The lowest BCUT2D eigenvalue weighted by atomic mass is 10.1. The van der Waals surface area contributed by atoms with Gasteiger partial charge in [0.05, 0.1) is 12.8 Å². The summed E-state index contributed by atoms with van der Waals surface area (Å²) in [5.74, 6) is 0.877. The lowest BCUT2D eigenvalue weighted by Crippen LogP contribution is -2.17. The van der Waals surface area contributed by atoms with Crippen molar-refractivity contribution in [3.05, 3.63) is 59.5 Å². The van der Waals surface area contributed by atoms with Crippen LogP contribution < -0.4 is 15.0 Å². The molecule has 0 aliphatic carbocycles. The van der Waals surface area contributed by atoms with E-state index < -0.39 is 0 Å². The van der Waals surface area contributed by atoms with E-state index in [-0.39, 0.29) is 0 Å². The van der Waals surface area contributed by atoms with Gasteiger partial charge in [0, 0.05) is 36.3 Å². The molecule has 1 saturated heterocycles. The van der Waals surface area contributed by atoms with Crippen LogP contribution in [0.3, 0.4) is 0 Å². The predicted molar refractivity (Wildman–Crippen MR) is 109 cm³/mol. The number of ether oxygens (including phenoxy) is 1. The topological polar surface area (TPSA) is 37.4 Å². The molecule has 1 aliphatic rings.